The van der Waals surface area contributed by atoms with Gasteiger partial charge in [0.25, 0.3) is 0 Å². The van der Waals surface area contributed by atoms with Crippen LogP contribution < -0.4 is 0 Å². The van der Waals surface area contributed by atoms with E-state index in [1.54, 1.807) is 0 Å². The van der Waals surface area contributed by atoms with E-state index in [0.717, 1.165) is 32.7 Å². The van der Waals surface area contributed by atoms with E-state index in [0.29, 0.717) is 0 Å². The third kappa shape index (κ3) is 4.47. The molecule has 0 radical (unpaired) electrons. The molecule has 1 aliphatic heterocycles. The average Bonchev–Trinajstić information content (AvgIpc) is 3.06. The van der Waals surface area contributed by atoms with Gasteiger partial charge in [-0.25, -0.2) is 0 Å². The highest BCUT2D eigenvalue weighted by Gasteiger charge is 2.27. The lowest BCUT2D eigenvalue weighted by Crippen LogP contribution is -2.51. The summed E-state index contributed by atoms with van der Waals surface area (Å²) < 4.78 is 2.01. The molecule has 1 aliphatic rings. The van der Waals surface area contributed by atoms with Gasteiger partial charge in [-0.15, -0.1) is 0 Å². The standard InChI is InChI=1S/C20H27N5/c1-20(2,3)25-15-18(12-22-25)13-23-9-10-24(19(11-21)16-23)14-17-7-5-4-6-8-17/h4-8,12,15,19H,9-10,13-14,16H2,1-3H3. The Kier molecular flexibility index (Phi) is 5.22. The first kappa shape index (κ1) is 17.7. The van der Waals surface area contributed by atoms with Crippen molar-refractivity contribution in [1.29, 1.82) is 5.26 Å². The number of benzene rings is 1. The topological polar surface area (TPSA) is 48.1 Å². The van der Waals surface area contributed by atoms with Crippen LogP contribution in [0.15, 0.2) is 42.7 Å². The number of hydrogen-bond donors (Lipinski definition) is 0. The molecule has 0 amide bonds. The molecule has 2 heterocycles. The predicted molar refractivity (Wildman–Crippen MR) is 98.8 cm³/mol. The van der Waals surface area contributed by atoms with Crippen LogP contribution in [-0.4, -0.2) is 45.3 Å². The first-order valence-corrected chi connectivity index (χ1v) is 8.90. The molecule has 0 N–H and O–H groups in total. The van der Waals surface area contributed by atoms with Gasteiger partial charge >= 0.3 is 0 Å². The van der Waals surface area contributed by atoms with Crippen LogP contribution in [0, 0.1) is 11.3 Å². The lowest BCUT2D eigenvalue weighted by molar-refractivity contribution is 0.0901. The SMILES string of the molecule is CC(C)(C)n1cc(CN2CCN(Cc3ccccc3)C(C#N)C2)cn1. The summed E-state index contributed by atoms with van der Waals surface area (Å²) in [5, 5.41) is 14.1. The third-order valence-electron chi connectivity index (χ3n) is 4.68. The van der Waals surface area contributed by atoms with E-state index in [1.165, 1.54) is 11.1 Å². The quantitative estimate of drug-likeness (QED) is 0.861. The zero-order chi connectivity index (χ0) is 17.9. The molecule has 1 saturated heterocycles. The number of hydrogen-bond acceptors (Lipinski definition) is 4. The van der Waals surface area contributed by atoms with E-state index in [1.807, 2.05) is 16.9 Å². The van der Waals surface area contributed by atoms with Gasteiger partial charge in [-0.05, 0) is 26.3 Å². The van der Waals surface area contributed by atoms with Gasteiger partial charge in [0.1, 0.15) is 6.04 Å². The van der Waals surface area contributed by atoms with Crippen LogP contribution in [0.3, 0.4) is 0 Å². The van der Waals surface area contributed by atoms with Gasteiger partial charge < -0.3 is 0 Å². The minimum atomic E-state index is -0.0633. The molecule has 5 nitrogen and oxygen atoms in total. The summed E-state index contributed by atoms with van der Waals surface area (Å²) in [5.74, 6) is 0. The van der Waals surface area contributed by atoms with E-state index < -0.39 is 0 Å². The number of aromatic nitrogens is 2. The van der Waals surface area contributed by atoms with Crippen LogP contribution in [0.1, 0.15) is 31.9 Å². The van der Waals surface area contributed by atoms with Gasteiger partial charge in [-0.3, -0.25) is 14.5 Å². The second-order valence-electron chi connectivity index (χ2n) is 7.80. The van der Waals surface area contributed by atoms with Crippen LogP contribution >= 0.6 is 0 Å². The van der Waals surface area contributed by atoms with Crippen LogP contribution in [0.5, 0.6) is 0 Å². The molecular weight excluding hydrogens is 310 g/mol. The van der Waals surface area contributed by atoms with Crippen molar-refractivity contribution < 1.29 is 0 Å². The molecule has 1 aromatic heterocycles. The molecule has 25 heavy (non-hydrogen) atoms. The first-order chi connectivity index (χ1) is 12.0. The van der Waals surface area contributed by atoms with E-state index in [2.05, 4.69) is 72.2 Å². The zero-order valence-corrected chi connectivity index (χ0v) is 15.4. The molecule has 2 aromatic rings. The van der Waals surface area contributed by atoms with Gasteiger partial charge in [0, 0.05) is 44.5 Å². The van der Waals surface area contributed by atoms with E-state index >= 15 is 0 Å². The van der Waals surface area contributed by atoms with Gasteiger partial charge in [0.2, 0.25) is 0 Å². The zero-order valence-electron chi connectivity index (χ0n) is 15.4. The summed E-state index contributed by atoms with van der Waals surface area (Å²) in [6.45, 7) is 10.8. The Morgan fingerprint density at radius 3 is 2.52 bits per heavy atom. The summed E-state index contributed by atoms with van der Waals surface area (Å²) in [7, 11) is 0. The molecule has 0 aliphatic carbocycles. The Hall–Kier alpha value is -2.16. The van der Waals surface area contributed by atoms with Crippen molar-refractivity contribution >= 4 is 0 Å². The van der Waals surface area contributed by atoms with Crippen LogP contribution in [0.25, 0.3) is 0 Å². The fourth-order valence-electron chi connectivity index (χ4n) is 3.22. The number of nitriles is 1. The average molecular weight is 337 g/mol. The van der Waals surface area contributed by atoms with E-state index in [4.69, 9.17) is 0 Å². The molecule has 132 valence electrons. The Balaban J connectivity index is 1.60. The molecule has 0 bridgehead atoms. The second kappa shape index (κ2) is 7.38. The van der Waals surface area contributed by atoms with Gasteiger partial charge in [-0.1, -0.05) is 30.3 Å². The fourth-order valence-corrected chi connectivity index (χ4v) is 3.22. The van der Waals surface area contributed by atoms with Crippen molar-refractivity contribution in [3.8, 4) is 6.07 Å². The monoisotopic (exact) mass is 337 g/mol. The highest BCUT2D eigenvalue weighted by atomic mass is 15.3. The van der Waals surface area contributed by atoms with Crippen LogP contribution in [-0.2, 0) is 18.6 Å². The van der Waals surface area contributed by atoms with Gasteiger partial charge in [0.15, 0.2) is 0 Å². The number of nitrogens with zero attached hydrogens (tertiary/aromatic N) is 5. The summed E-state index contributed by atoms with van der Waals surface area (Å²) in [6.07, 6.45) is 4.07. The maximum Gasteiger partial charge on any atom is 0.111 e. The molecule has 5 heteroatoms. The van der Waals surface area contributed by atoms with Crippen molar-refractivity contribution in [2.75, 3.05) is 19.6 Å². The highest BCUT2D eigenvalue weighted by molar-refractivity contribution is 5.15. The number of rotatable bonds is 4. The summed E-state index contributed by atoms with van der Waals surface area (Å²) in [6, 6.07) is 12.8. The summed E-state index contributed by atoms with van der Waals surface area (Å²) in [5.41, 5.74) is 2.48. The molecule has 1 unspecified atom stereocenters. The fraction of sp³-hybridized carbons (Fsp3) is 0.500. The Morgan fingerprint density at radius 2 is 1.88 bits per heavy atom. The molecule has 1 aromatic carbocycles. The number of piperazine rings is 1. The predicted octanol–water partition coefficient (Wildman–Crippen LogP) is 2.85. The smallest absolute Gasteiger partial charge is 0.111 e. The molecule has 1 fully saturated rings. The molecular formula is C20H27N5. The normalized spacial score (nSPS) is 19.7. The van der Waals surface area contributed by atoms with E-state index in [-0.39, 0.29) is 11.6 Å². The molecule has 0 spiro atoms. The Morgan fingerprint density at radius 1 is 1.12 bits per heavy atom. The minimum absolute atomic E-state index is 0.00181. The molecule has 0 saturated carbocycles. The van der Waals surface area contributed by atoms with Crippen molar-refractivity contribution in [3.63, 3.8) is 0 Å². The Bertz CT molecular complexity index is 723. The molecule has 1 atom stereocenters. The van der Waals surface area contributed by atoms with Gasteiger partial charge in [0.05, 0.1) is 17.8 Å². The largest absolute Gasteiger partial charge is 0.295 e. The minimum Gasteiger partial charge on any atom is -0.295 e. The highest BCUT2D eigenvalue weighted by Crippen LogP contribution is 2.18. The lowest BCUT2D eigenvalue weighted by atomic mass is 10.1. The van der Waals surface area contributed by atoms with Crippen molar-refractivity contribution in [2.45, 2.75) is 45.4 Å². The maximum atomic E-state index is 9.60. The van der Waals surface area contributed by atoms with Crippen LogP contribution in [0.2, 0.25) is 0 Å². The van der Waals surface area contributed by atoms with Gasteiger partial charge in [-0.2, -0.15) is 10.4 Å². The lowest BCUT2D eigenvalue weighted by Gasteiger charge is -2.38. The summed E-state index contributed by atoms with van der Waals surface area (Å²) >= 11 is 0. The van der Waals surface area contributed by atoms with Crippen molar-refractivity contribution in [2.24, 2.45) is 0 Å². The van der Waals surface area contributed by atoms with E-state index in [9.17, 15) is 5.26 Å². The second-order valence-corrected chi connectivity index (χ2v) is 7.80. The third-order valence-corrected chi connectivity index (χ3v) is 4.68. The maximum absolute atomic E-state index is 9.60. The van der Waals surface area contributed by atoms with Crippen molar-refractivity contribution in [3.05, 3.63) is 53.9 Å². The van der Waals surface area contributed by atoms with Crippen molar-refractivity contribution in [1.82, 2.24) is 19.6 Å². The molecule has 3 rings (SSSR count). The Labute approximate surface area is 150 Å². The van der Waals surface area contributed by atoms with Crippen LogP contribution in [0.4, 0.5) is 0 Å². The first-order valence-electron chi connectivity index (χ1n) is 8.90. The summed E-state index contributed by atoms with van der Waals surface area (Å²) in [4.78, 5) is 4.64.